The molecule has 15 nitrogen and oxygen atoms in total. The Labute approximate surface area is 223 Å². The lowest BCUT2D eigenvalue weighted by atomic mass is 10.0. The van der Waals surface area contributed by atoms with E-state index < -0.39 is 35.8 Å². The average molecular weight is 549 g/mol. The Morgan fingerprint density at radius 3 is 1.66 bits per heavy atom. The molecule has 2 atom stereocenters. The fraction of sp³-hybridized carbons (Fsp3) is 0.783. The summed E-state index contributed by atoms with van der Waals surface area (Å²) in [5, 5.41) is 7.60. The van der Waals surface area contributed by atoms with E-state index in [1.807, 2.05) is 0 Å². The van der Waals surface area contributed by atoms with Crippen molar-refractivity contribution in [2.75, 3.05) is 59.4 Å². The lowest BCUT2D eigenvalue weighted by Crippen LogP contribution is -2.54. The van der Waals surface area contributed by atoms with Gasteiger partial charge in [0.25, 0.3) is 0 Å². The Bertz CT molecular complexity index is 723. The van der Waals surface area contributed by atoms with Gasteiger partial charge in [-0.25, -0.2) is 4.79 Å². The maximum atomic E-state index is 12.7. The van der Waals surface area contributed by atoms with Gasteiger partial charge in [0.2, 0.25) is 23.6 Å². The smallest absolute Gasteiger partial charge is 0.312 e. The van der Waals surface area contributed by atoms with Crippen molar-refractivity contribution in [2.45, 2.75) is 51.6 Å². The van der Waals surface area contributed by atoms with E-state index >= 15 is 0 Å². The van der Waals surface area contributed by atoms with E-state index in [4.69, 9.17) is 36.1 Å². The first-order valence-electron chi connectivity index (χ1n) is 12.6. The van der Waals surface area contributed by atoms with Crippen molar-refractivity contribution in [2.24, 2.45) is 23.1 Å². The molecule has 0 aromatic carbocycles. The van der Waals surface area contributed by atoms with Gasteiger partial charge in [0, 0.05) is 19.4 Å². The molecule has 0 heterocycles. The zero-order valence-corrected chi connectivity index (χ0v) is 22.3. The van der Waals surface area contributed by atoms with Gasteiger partial charge in [-0.1, -0.05) is 13.8 Å². The molecule has 0 aliphatic carbocycles. The van der Waals surface area contributed by atoms with E-state index in [9.17, 15) is 24.0 Å². The number of primary amides is 3. The van der Waals surface area contributed by atoms with Crippen LogP contribution >= 0.6 is 0 Å². The van der Waals surface area contributed by atoms with Crippen LogP contribution in [0, 0.1) is 5.92 Å². The van der Waals surface area contributed by atoms with E-state index in [1.165, 1.54) is 0 Å². The summed E-state index contributed by atoms with van der Waals surface area (Å²) in [6.07, 6.45) is 0.788. The lowest BCUT2D eigenvalue weighted by Gasteiger charge is -2.24. The standard InChI is InChI=1S/C23H44N6O9/c1-16(2)20(22(33)28-17(21(25)32)4-3-7-27-23(26)34)29-19(31)6-9-36-11-13-38-15-14-37-12-10-35-8-5-18(24)30/h16-17,20H,3-15H2,1-2H3,(H2,24,30)(H2,25,32)(H,28,33)(H,29,31)(H3,26,27,34)/t17-,20-/m0/s1. The van der Waals surface area contributed by atoms with Crippen LogP contribution in [0.1, 0.15) is 39.5 Å². The molecule has 6 amide bonds. The topological polar surface area (TPSA) is 236 Å². The van der Waals surface area contributed by atoms with Gasteiger partial charge in [0.1, 0.15) is 12.1 Å². The molecule has 0 aromatic rings. The molecule has 0 aliphatic rings. The van der Waals surface area contributed by atoms with Crippen LogP contribution < -0.4 is 33.2 Å². The molecule has 0 saturated heterocycles. The van der Waals surface area contributed by atoms with Crippen molar-refractivity contribution in [1.29, 1.82) is 0 Å². The molecule has 0 rings (SSSR count). The number of nitrogens with two attached hydrogens (primary N) is 3. The molecule has 0 bridgehead atoms. The Hall–Kier alpha value is -3.01. The summed E-state index contributed by atoms with van der Waals surface area (Å²) in [7, 11) is 0. The number of carbonyl (C=O) groups excluding carboxylic acids is 5. The van der Waals surface area contributed by atoms with Crippen molar-refractivity contribution >= 4 is 29.7 Å². The van der Waals surface area contributed by atoms with E-state index in [0.29, 0.717) is 39.5 Å². The van der Waals surface area contributed by atoms with Crippen LogP contribution in [-0.4, -0.2) is 101 Å². The van der Waals surface area contributed by atoms with Gasteiger partial charge in [-0.05, 0) is 18.8 Å². The van der Waals surface area contributed by atoms with Gasteiger partial charge in [-0.3, -0.25) is 19.2 Å². The summed E-state index contributed by atoms with van der Waals surface area (Å²) < 4.78 is 21.2. The van der Waals surface area contributed by atoms with Crippen LogP contribution in [-0.2, 0) is 38.1 Å². The third-order valence-corrected chi connectivity index (χ3v) is 4.98. The van der Waals surface area contributed by atoms with Gasteiger partial charge in [0.15, 0.2) is 0 Å². The molecule has 0 fully saturated rings. The highest BCUT2D eigenvalue weighted by Gasteiger charge is 2.27. The van der Waals surface area contributed by atoms with E-state index in [1.54, 1.807) is 13.8 Å². The molecule has 0 spiro atoms. The highest BCUT2D eigenvalue weighted by Crippen LogP contribution is 2.05. The van der Waals surface area contributed by atoms with E-state index in [2.05, 4.69) is 16.0 Å². The van der Waals surface area contributed by atoms with Crippen LogP contribution in [0.2, 0.25) is 0 Å². The van der Waals surface area contributed by atoms with Crippen molar-refractivity contribution < 1.29 is 42.9 Å². The van der Waals surface area contributed by atoms with Gasteiger partial charge in [-0.2, -0.15) is 0 Å². The highest BCUT2D eigenvalue weighted by atomic mass is 16.6. The molecular formula is C23H44N6O9. The van der Waals surface area contributed by atoms with Crippen LogP contribution in [0.3, 0.4) is 0 Å². The Morgan fingerprint density at radius 2 is 1.21 bits per heavy atom. The quantitative estimate of drug-likeness (QED) is 0.0722. The van der Waals surface area contributed by atoms with E-state index in [-0.39, 0.29) is 57.5 Å². The third-order valence-electron chi connectivity index (χ3n) is 4.98. The molecule has 0 saturated carbocycles. The summed E-state index contributed by atoms with van der Waals surface area (Å²) in [4.78, 5) is 58.0. The number of urea groups is 1. The molecule has 15 heteroatoms. The van der Waals surface area contributed by atoms with Gasteiger partial charge in [-0.15, -0.1) is 0 Å². The van der Waals surface area contributed by atoms with Crippen molar-refractivity contribution in [1.82, 2.24) is 16.0 Å². The van der Waals surface area contributed by atoms with Crippen LogP contribution in [0.25, 0.3) is 0 Å². The maximum absolute atomic E-state index is 12.7. The average Bonchev–Trinajstić information content (AvgIpc) is 2.83. The lowest BCUT2D eigenvalue weighted by molar-refractivity contribution is -0.132. The number of rotatable bonds is 24. The monoisotopic (exact) mass is 548 g/mol. The van der Waals surface area contributed by atoms with Gasteiger partial charge < -0.3 is 52.1 Å². The molecule has 0 radical (unpaired) electrons. The fourth-order valence-corrected chi connectivity index (χ4v) is 2.94. The minimum atomic E-state index is -0.953. The summed E-state index contributed by atoms with van der Waals surface area (Å²) in [5.41, 5.74) is 15.4. The van der Waals surface area contributed by atoms with Gasteiger partial charge >= 0.3 is 6.03 Å². The normalized spacial score (nSPS) is 12.5. The Morgan fingerprint density at radius 1 is 0.711 bits per heavy atom. The first kappa shape index (κ1) is 35.0. The largest absolute Gasteiger partial charge is 0.379 e. The predicted octanol–water partition coefficient (Wildman–Crippen LogP) is -2.12. The third kappa shape index (κ3) is 20.1. The number of hydrogen-bond acceptors (Lipinski definition) is 9. The zero-order valence-electron chi connectivity index (χ0n) is 22.3. The molecule has 220 valence electrons. The summed E-state index contributed by atoms with van der Waals surface area (Å²) in [6.45, 7) is 6.23. The second-order valence-electron chi connectivity index (χ2n) is 8.60. The maximum Gasteiger partial charge on any atom is 0.312 e. The van der Waals surface area contributed by atoms with Crippen molar-refractivity contribution in [3.63, 3.8) is 0 Å². The van der Waals surface area contributed by atoms with Crippen molar-refractivity contribution in [3.05, 3.63) is 0 Å². The number of nitrogens with one attached hydrogen (secondary N) is 3. The van der Waals surface area contributed by atoms with Crippen LogP contribution in [0.4, 0.5) is 4.79 Å². The highest BCUT2D eigenvalue weighted by molar-refractivity contribution is 5.91. The molecule has 0 unspecified atom stereocenters. The molecule has 9 N–H and O–H groups in total. The molecule has 38 heavy (non-hydrogen) atoms. The Balaban J connectivity index is 4.05. The molecule has 0 aliphatic heterocycles. The molecular weight excluding hydrogens is 504 g/mol. The van der Waals surface area contributed by atoms with Crippen LogP contribution in [0.15, 0.2) is 0 Å². The fourth-order valence-electron chi connectivity index (χ4n) is 2.94. The number of hydrogen-bond donors (Lipinski definition) is 6. The minimum absolute atomic E-state index is 0.0351. The number of carbonyl (C=O) groups is 5. The molecule has 0 aromatic heterocycles. The summed E-state index contributed by atoms with van der Waals surface area (Å²) in [6, 6.07) is -2.51. The van der Waals surface area contributed by atoms with E-state index in [0.717, 1.165) is 0 Å². The summed E-state index contributed by atoms with van der Waals surface area (Å²) >= 11 is 0. The first-order valence-corrected chi connectivity index (χ1v) is 12.6. The second kappa shape index (κ2) is 22.0. The second-order valence-corrected chi connectivity index (χ2v) is 8.60. The zero-order chi connectivity index (χ0) is 28.8. The summed E-state index contributed by atoms with van der Waals surface area (Å²) in [5.74, 6) is -2.30. The van der Waals surface area contributed by atoms with Crippen molar-refractivity contribution in [3.8, 4) is 0 Å². The number of ether oxygens (including phenoxy) is 4. The predicted molar refractivity (Wildman–Crippen MR) is 136 cm³/mol. The first-order chi connectivity index (χ1) is 18.0. The minimum Gasteiger partial charge on any atom is -0.379 e. The van der Waals surface area contributed by atoms with Gasteiger partial charge in [0.05, 0.1) is 52.9 Å². The Kier molecular flexibility index (Phi) is 20.3. The SMILES string of the molecule is CC(C)[C@H](NC(=O)CCOCCOCCOCCOCCC(N)=O)C(=O)N[C@@H](CCCNC(N)=O)C(N)=O. The number of amides is 6. The van der Waals surface area contributed by atoms with Crippen LogP contribution in [0.5, 0.6) is 0 Å².